The van der Waals surface area contributed by atoms with Crippen molar-refractivity contribution in [3.63, 3.8) is 0 Å². The van der Waals surface area contributed by atoms with Crippen molar-refractivity contribution < 1.29 is 23.5 Å². The predicted octanol–water partition coefficient (Wildman–Crippen LogP) is 4.14. The Morgan fingerprint density at radius 3 is 2.39 bits per heavy atom. The van der Waals surface area contributed by atoms with Crippen molar-refractivity contribution in [2.75, 3.05) is 31.4 Å². The number of benzene rings is 2. The second kappa shape index (κ2) is 8.83. The second-order valence-electron chi connectivity index (χ2n) is 7.09. The van der Waals surface area contributed by atoms with Crippen LogP contribution in [-0.4, -0.2) is 37.6 Å². The molecule has 3 aromatic rings. The minimum Gasteiger partial charge on any atom is -0.493 e. The third kappa shape index (κ3) is 4.48. The monoisotopic (exact) mass is 421 g/mol. The van der Waals surface area contributed by atoms with E-state index in [1.54, 1.807) is 42.3 Å². The van der Waals surface area contributed by atoms with Gasteiger partial charge in [0.2, 0.25) is 0 Å². The van der Waals surface area contributed by atoms with Gasteiger partial charge in [-0.15, -0.1) is 0 Å². The van der Waals surface area contributed by atoms with E-state index >= 15 is 0 Å². The molecule has 0 saturated carbocycles. The lowest BCUT2D eigenvalue weighted by atomic mass is 9.99. The van der Waals surface area contributed by atoms with Crippen LogP contribution in [-0.2, 0) is 13.0 Å². The van der Waals surface area contributed by atoms with Gasteiger partial charge in [0, 0.05) is 30.5 Å². The van der Waals surface area contributed by atoms with Crippen molar-refractivity contribution >= 4 is 23.3 Å². The fourth-order valence-corrected chi connectivity index (χ4v) is 3.57. The zero-order valence-electron chi connectivity index (χ0n) is 17.3. The van der Waals surface area contributed by atoms with Crippen LogP contribution in [0.5, 0.6) is 11.5 Å². The fraction of sp³-hybridized carbons (Fsp3) is 0.217. The Bertz CT molecular complexity index is 1090. The highest BCUT2D eigenvalue weighted by atomic mass is 16.5. The average Bonchev–Trinajstić information content (AvgIpc) is 3.33. The quantitative estimate of drug-likeness (QED) is 0.646. The number of ether oxygens (including phenoxy) is 2. The summed E-state index contributed by atoms with van der Waals surface area (Å²) in [7, 11) is 3.09. The van der Waals surface area contributed by atoms with Gasteiger partial charge in [-0.3, -0.25) is 4.79 Å². The van der Waals surface area contributed by atoms with E-state index in [1.165, 1.54) is 13.4 Å². The first-order valence-electron chi connectivity index (χ1n) is 9.82. The molecule has 0 radical (unpaired) electrons. The van der Waals surface area contributed by atoms with Gasteiger partial charge in [-0.2, -0.15) is 0 Å². The SMILES string of the molecule is COc1ccc(NC(=O)Nc2ccc3c(c2)CN(C(=O)c2ccco2)CC3)cc1OC. The largest absolute Gasteiger partial charge is 0.493 e. The molecule has 0 bridgehead atoms. The number of amides is 3. The van der Waals surface area contributed by atoms with Crippen LogP contribution in [0.1, 0.15) is 21.7 Å². The van der Waals surface area contributed by atoms with Crippen LogP contribution in [0.4, 0.5) is 16.2 Å². The van der Waals surface area contributed by atoms with Gasteiger partial charge in [0.1, 0.15) is 0 Å². The zero-order valence-corrected chi connectivity index (χ0v) is 17.3. The molecule has 8 heteroatoms. The van der Waals surface area contributed by atoms with Gasteiger partial charge in [-0.25, -0.2) is 4.79 Å². The van der Waals surface area contributed by atoms with E-state index in [1.807, 2.05) is 18.2 Å². The normalized spacial score (nSPS) is 12.6. The summed E-state index contributed by atoms with van der Waals surface area (Å²) >= 11 is 0. The number of rotatable bonds is 5. The molecule has 0 spiro atoms. The lowest BCUT2D eigenvalue weighted by molar-refractivity contribution is 0.0702. The van der Waals surface area contributed by atoms with Crippen molar-refractivity contribution in [1.82, 2.24) is 4.90 Å². The Labute approximate surface area is 179 Å². The lowest BCUT2D eigenvalue weighted by Crippen LogP contribution is -2.35. The Kier molecular flexibility index (Phi) is 5.79. The van der Waals surface area contributed by atoms with E-state index in [2.05, 4.69) is 10.6 Å². The van der Waals surface area contributed by atoms with Gasteiger partial charge in [-0.05, 0) is 53.9 Å². The van der Waals surface area contributed by atoms with E-state index in [9.17, 15) is 9.59 Å². The van der Waals surface area contributed by atoms with Crippen LogP contribution in [0.2, 0.25) is 0 Å². The second-order valence-corrected chi connectivity index (χ2v) is 7.09. The summed E-state index contributed by atoms with van der Waals surface area (Å²) < 4.78 is 15.7. The van der Waals surface area contributed by atoms with E-state index in [0.29, 0.717) is 41.7 Å². The molecule has 1 aromatic heterocycles. The summed E-state index contributed by atoms with van der Waals surface area (Å²) in [5.41, 5.74) is 3.37. The number of hydrogen-bond donors (Lipinski definition) is 2. The van der Waals surface area contributed by atoms with Gasteiger partial charge >= 0.3 is 6.03 Å². The number of nitrogens with zero attached hydrogens (tertiary/aromatic N) is 1. The van der Waals surface area contributed by atoms with E-state index < -0.39 is 0 Å². The average molecular weight is 421 g/mol. The van der Waals surface area contributed by atoms with Crippen LogP contribution in [0.25, 0.3) is 0 Å². The molecule has 4 rings (SSSR count). The van der Waals surface area contributed by atoms with E-state index in [-0.39, 0.29) is 11.9 Å². The molecule has 2 heterocycles. The van der Waals surface area contributed by atoms with Gasteiger partial charge in [-0.1, -0.05) is 6.07 Å². The molecule has 1 aliphatic heterocycles. The third-order valence-corrected chi connectivity index (χ3v) is 5.14. The zero-order chi connectivity index (χ0) is 21.8. The highest BCUT2D eigenvalue weighted by Crippen LogP contribution is 2.30. The standard InChI is InChI=1S/C23H23N3O5/c1-29-19-8-7-18(13-21(19)30-2)25-23(28)24-17-6-5-15-9-10-26(14-16(15)12-17)22(27)20-4-3-11-31-20/h3-8,11-13H,9-10,14H2,1-2H3,(H2,24,25,28). The molecule has 0 saturated heterocycles. The molecule has 160 valence electrons. The summed E-state index contributed by atoms with van der Waals surface area (Å²) in [6.45, 7) is 1.08. The minimum atomic E-state index is -0.383. The van der Waals surface area contributed by atoms with Crippen LogP contribution in [0.3, 0.4) is 0 Å². The smallest absolute Gasteiger partial charge is 0.323 e. The number of nitrogens with one attached hydrogen (secondary N) is 2. The first-order chi connectivity index (χ1) is 15.1. The number of carbonyl (C=O) groups is 2. The molecule has 3 amide bonds. The number of urea groups is 1. The summed E-state index contributed by atoms with van der Waals surface area (Å²) in [4.78, 5) is 26.8. The molecule has 2 aromatic carbocycles. The summed E-state index contributed by atoms with van der Waals surface area (Å²) in [5.74, 6) is 1.29. The Hall–Kier alpha value is -3.94. The van der Waals surface area contributed by atoms with Crippen molar-refractivity contribution in [3.8, 4) is 11.5 Å². The van der Waals surface area contributed by atoms with E-state index in [0.717, 1.165) is 17.5 Å². The summed E-state index contributed by atoms with van der Waals surface area (Å²) in [5, 5.41) is 5.61. The molecule has 2 N–H and O–H groups in total. The molecule has 0 fully saturated rings. The number of methoxy groups -OCH3 is 2. The van der Waals surface area contributed by atoms with Crippen LogP contribution in [0.15, 0.2) is 59.2 Å². The topological polar surface area (TPSA) is 93.0 Å². The van der Waals surface area contributed by atoms with Crippen LogP contribution < -0.4 is 20.1 Å². The third-order valence-electron chi connectivity index (χ3n) is 5.14. The molecular formula is C23H23N3O5. The Morgan fingerprint density at radius 2 is 1.68 bits per heavy atom. The van der Waals surface area contributed by atoms with Crippen LogP contribution >= 0.6 is 0 Å². The van der Waals surface area contributed by atoms with Gasteiger partial charge < -0.3 is 29.4 Å². The molecule has 31 heavy (non-hydrogen) atoms. The number of hydrogen-bond acceptors (Lipinski definition) is 5. The Balaban J connectivity index is 1.43. The molecule has 1 aliphatic rings. The molecule has 0 unspecified atom stereocenters. The van der Waals surface area contributed by atoms with Crippen molar-refractivity contribution in [2.45, 2.75) is 13.0 Å². The van der Waals surface area contributed by atoms with Gasteiger partial charge in [0.05, 0.1) is 20.5 Å². The number of fused-ring (bicyclic) bond motifs is 1. The van der Waals surface area contributed by atoms with Gasteiger partial charge in [0.15, 0.2) is 17.3 Å². The maximum atomic E-state index is 12.6. The highest BCUT2D eigenvalue weighted by molar-refractivity contribution is 6.00. The molecule has 8 nitrogen and oxygen atoms in total. The molecule has 0 aliphatic carbocycles. The maximum absolute atomic E-state index is 12.6. The molecule has 0 atom stereocenters. The van der Waals surface area contributed by atoms with E-state index in [4.69, 9.17) is 13.9 Å². The number of furan rings is 1. The fourth-order valence-electron chi connectivity index (χ4n) is 3.57. The predicted molar refractivity (Wildman–Crippen MR) is 116 cm³/mol. The highest BCUT2D eigenvalue weighted by Gasteiger charge is 2.23. The van der Waals surface area contributed by atoms with Crippen molar-refractivity contribution in [2.24, 2.45) is 0 Å². The molecular weight excluding hydrogens is 398 g/mol. The van der Waals surface area contributed by atoms with Crippen LogP contribution in [0, 0.1) is 0 Å². The summed E-state index contributed by atoms with van der Waals surface area (Å²) in [6.07, 6.45) is 2.24. The number of anilines is 2. The first-order valence-corrected chi connectivity index (χ1v) is 9.82. The maximum Gasteiger partial charge on any atom is 0.323 e. The summed E-state index contributed by atoms with van der Waals surface area (Å²) in [6, 6.07) is 13.8. The van der Waals surface area contributed by atoms with Crippen molar-refractivity contribution in [3.05, 3.63) is 71.7 Å². The lowest BCUT2D eigenvalue weighted by Gasteiger charge is -2.28. The Morgan fingerprint density at radius 1 is 0.935 bits per heavy atom. The van der Waals surface area contributed by atoms with Crippen molar-refractivity contribution in [1.29, 1.82) is 0 Å². The first kappa shape index (κ1) is 20.3. The minimum absolute atomic E-state index is 0.139. The number of carbonyl (C=O) groups excluding carboxylic acids is 2. The van der Waals surface area contributed by atoms with Gasteiger partial charge in [0.25, 0.3) is 5.91 Å².